The Morgan fingerprint density at radius 3 is 2.33 bits per heavy atom. The molecule has 1 aromatic carbocycles. The third-order valence-electron chi connectivity index (χ3n) is 3.13. The lowest BCUT2D eigenvalue weighted by Gasteiger charge is -2.11. The van der Waals surface area contributed by atoms with Crippen LogP contribution in [0.1, 0.15) is 11.4 Å². The lowest BCUT2D eigenvalue weighted by atomic mass is 10.0. The highest BCUT2D eigenvalue weighted by Crippen LogP contribution is 2.27. The Bertz CT molecular complexity index is 686. The van der Waals surface area contributed by atoms with Gasteiger partial charge in [-0.05, 0) is 30.7 Å². The maximum atomic E-state index is 10.8. The molecular formula is C14H18N6O. The van der Waals surface area contributed by atoms with Gasteiger partial charge in [-0.15, -0.1) is 0 Å². The van der Waals surface area contributed by atoms with Crippen molar-refractivity contribution in [2.75, 3.05) is 17.8 Å². The highest BCUT2D eigenvalue weighted by molar-refractivity contribution is 6.00. The molecule has 7 N–H and O–H groups in total. The van der Waals surface area contributed by atoms with Crippen molar-refractivity contribution in [3.63, 3.8) is 0 Å². The predicted octanol–water partition coefficient (Wildman–Crippen LogP) is 1.41. The van der Waals surface area contributed by atoms with Crippen molar-refractivity contribution >= 4 is 17.6 Å². The second-order valence-electron chi connectivity index (χ2n) is 4.59. The molecular weight excluding hydrogens is 268 g/mol. The summed E-state index contributed by atoms with van der Waals surface area (Å²) in [5.41, 5.74) is 17.7. The Kier molecular flexibility index (Phi) is 3.84. The van der Waals surface area contributed by atoms with Gasteiger partial charge in [0.25, 0.3) is 0 Å². The summed E-state index contributed by atoms with van der Waals surface area (Å²) in [6.07, 6.45) is 0. The number of amides is 2. The second-order valence-corrected chi connectivity index (χ2v) is 4.59. The molecule has 0 atom stereocenters. The number of nitrogens with one attached hydrogen (secondary N) is 3. The maximum Gasteiger partial charge on any atom is 0.316 e. The number of primary amides is 1. The molecule has 0 saturated heterocycles. The van der Waals surface area contributed by atoms with Crippen molar-refractivity contribution in [2.45, 2.75) is 6.92 Å². The number of nitrogen functional groups attached to an aromatic ring is 1. The van der Waals surface area contributed by atoms with Crippen molar-refractivity contribution in [2.24, 2.45) is 11.5 Å². The fraction of sp³-hybridized carbons (Fsp3) is 0.143. The van der Waals surface area contributed by atoms with E-state index in [1.807, 2.05) is 25.1 Å². The fourth-order valence-corrected chi connectivity index (χ4v) is 2.29. The first-order valence-corrected chi connectivity index (χ1v) is 6.35. The van der Waals surface area contributed by atoms with Crippen molar-refractivity contribution in [1.82, 2.24) is 4.68 Å². The third-order valence-corrected chi connectivity index (χ3v) is 3.13. The van der Waals surface area contributed by atoms with Gasteiger partial charge in [0.15, 0.2) is 0 Å². The van der Waals surface area contributed by atoms with Gasteiger partial charge in [0.1, 0.15) is 11.5 Å². The number of hydrogen-bond acceptors (Lipinski definition) is 3. The first-order valence-electron chi connectivity index (χ1n) is 6.35. The first-order chi connectivity index (χ1) is 9.93. The summed E-state index contributed by atoms with van der Waals surface area (Å²) in [4.78, 5) is 10.8. The van der Waals surface area contributed by atoms with Gasteiger partial charge in [-0.25, -0.2) is 4.79 Å². The largest absolute Gasteiger partial charge is 0.382 e. The van der Waals surface area contributed by atoms with Gasteiger partial charge in [0, 0.05) is 24.0 Å². The Balaban J connectivity index is 2.47. The summed E-state index contributed by atoms with van der Waals surface area (Å²) in [5, 5.41) is 10.3. The number of carbonyl (C=O) groups excluding carboxylic acids is 1. The summed E-state index contributed by atoms with van der Waals surface area (Å²) < 4.78 is 1.76. The molecule has 0 saturated carbocycles. The molecule has 0 fully saturated rings. The van der Waals surface area contributed by atoms with Crippen LogP contribution in [0.4, 0.5) is 10.5 Å². The van der Waals surface area contributed by atoms with Crippen molar-refractivity contribution in [3.05, 3.63) is 41.7 Å². The highest BCUT2D eigenvalue weighted by atomic mass is 16.2. The summed E-state index contributed by atoms with van der Waals surface area (Å²) in [7, 11) is 1.77. The number of aryl methyl sites for hydroxylation is 1. The quantitative estimate of drug-likeness (QED) is 0.431. The van der Waals surface area contributed by atoms with Gasteiger partial charge in [-0.1, -0.05) is 12.1 Å². The number of benzene rings is 1. The Morgan fingerprint density at radius 2 is 1.86 bits per heavy atom. The number of nitrogens with two attached hydrogens (primary N) is 2. The number of urea groups is 1. The summed E-state index contributed by atoms with van der Waals surface area (Å²) in [6.45, 7) is 1.93. The van der Waals surface area contributed by atoms with Crippen LogP contribution < -0.4 is 22.2 Å². The number of amidine groups is 1. The number of aromatic nitrogens is 1. The van der Waals surface area contributed by atoms with E-state index in [9.17, 15) is 4.79 Å². The first kappa shape index (κ1) is 14.4. The van der Waals surface area contributed by atoms with Crippen LogP contribution in [0.2, 0.25) is 0 Å². The smallest absolute Gasteiger partial charge is 0.316 e. The molecule has 0 aliphatic heterocycles. The molecule has 7 nitrogen and oxygen atoms in total. The lowest BCUT2D eigenvalue weighted by Crippen LogP contribution is -2.23. The van der Waals surface area contributed by atoms with E-state index >= 15 is 0 Å². The van der Waals surface area contributed by atoms with E-state index in [1.54, 1.807) is 23.9 Å². The molecule has 110 valence electrons. The standard InChI is InChI=1S/C14H18N6O/c1-8-7-11(12(13(15)16)20(8)18-2)9-3-5-10(6-4-9)19-14(17)21/h3-7,18H,1-2H3,(H3,15,16)(H3,17,19,21). The SMILES string of the molecule is CNn1c(C)cc(-c2ccc(NC(N)=O)cc2)c1C(=N)N. The van der Waals surface area contributed by atoms with Gasteiger partial charge in [0.05, 0.1) is 0 Å². The minimum absolute atomic E-state index is 0.0215. The molecule has 1 aromatic heterocycles. The molecule has 2 rings (SSSR count). The molecule has 0 spiro atoms. The van der Waals surface area contributed by atoms with Crippen LogP contribution in [-0.4, -0.2) is 23.6 Å². The van der Waals surface area contributed by atoms with Crippen LogP contribution in [0.5, 0.6) is 0 Å². The topological polar surface area (TPSA) is 122 Å². The molecule has 1 heterocycles. The Labute approximate surface area is 122 Å². The lowest BCUT2D eigenvalue weighted by molar-refractivity contribution is 0.259. The number of rotatable bonds is 4. The molecule has 2 amide bonds. The zero-order chi connectivity index (χ0) is 15.6. The second kappa shape index (κ2) is 5.58. The molecule has 2 aromatic rings. The molecule has 0 bridgehead atoms. The number of carbonyl (C=O) groups is 1. The van der Waals surface area contributed by atoms with Gasteiger partial charge in [-0.3, -0.25) is 10.1 Å². The summed E-state index contributed by atoms with van der Waals surface area (Å²) in [5.74, 6) is -0.0215. The van der Waals surface area contributed by atoms with Crippen LogP contribution in [0, 0.1) is 12.3 Å². The van der Waals surface area contributed by atoms with Crippen LogP contribution in [0.25, 0.3) is 11.1 Å². The zero-order valence-electron chi connectivity index (χ0n) is 11.9. The number of anilines is 1. The fourth-order valence-electron chi connectivity index (χ4n) is 2.29. The van der Waals surface area contributed by atoms with Gasteiger partial charge >= 0.3 is 6.03 Å². The molecule has 0 radical (unpaired) electrons. The normalized spacial score (nSPS) is 10.2. The summed E-state index contributed by atoms with van der Waals surface area (Å²) in [6, 6.07) is 8.51. The molecule has 0 unspecified atom stereocenters. The molecule has 0 aliphatic rings. The molecule has 0 aliphatic carbocycles. The van der Waals surface area contributed by atoms with E-state index in [0.717, 1.165) is 16.8 Å². The Hall–Kier alpha value is -2.96. The van der Waals surface area contributed by atoms with Gasteiger partial charge < -0.3 is 22.2 Å². The monoisotopic (exact) mass is 286 g/mol. The van der Waals surface area contributed by atoms with E-state index in [4.69, 9.17) is 16.9 Å². The van der Waals surface area contributed by atoms with Crippen molar-refractivity contribution in [3.8, 4) is 11.1 Å². The average molecular weight is 286 g/mol. The van der Waals surface area contributed by atoms with Crippen LogP contribution in [0.3, 0.4) is 0 Å². The third kappa shape index (κ3) is 2.81. The van der Waals surface area contributed by atoms with E-state index in [1.165, 1.54) is 0 Å². The van der Waals surface area contributed by atoms with Crippen LogP contribution >= 0.6 is 0 Å². The minimum atomic E-state index is -0.607. The van der Waals surface area contributed by atoms with Gasteiger partial charge in [-0.2, -0.15) is 0 Å². The average Bonchev–Trinajstić information content (AvgIpc) is 2.75. The van der Waals surface area contributed by atoms with Crippen LogP contribution in [-0.2, 0) is 0 Å². The van der Waals surface area contributed by atoms with Gasteiger partial charge in [0.2, 0.25) is 0 Å². The maximum absolute atomic E-state index is 10.8. The van der Waals surface area contributed by atoms with Crippen molar-refractivity contribution < 1.29 is 4.79 Å². The highest BCUT2D eigenvalue weighted by Gasteiger charge is 2.16. The van der Waals surface area contributed by atoms with E-state index < -0.39 is 6.03 Å². The van der Waals surface area contributed by atoms with Crippen LogP contribution in [0.15, 0.2) is 30.3 Å². The minimum Gasteiger partial charge on any atom is -0.382 e. The van der Waals surface area contributed by atoms with E-state index in [-0.39, 0.29) is 5.84 Å². The molecule has 7 heteroatoms. The number of hydrogen-bond donors (Lipinski definition) is 5. The van der Waals surface area contributed by atoms with Crippen molar-refractivity contribution in [1.29, 1.82) is 5.41 Å². The summed E-state index contributed by atoms with van der Waals surface area (Å²) >= 11 is 0. The Morgan fingerprint density at radius 1 is 1.24 bits per heavy atom. The predicted molar refractivity (Wildman–Crippen MR) is 84.1 cm³/mol. The van der Waals surface area contributed by atoms with E-state index in [2.05, 4.69) is 10.7 Å². The van der Waals surface area contributed by atoms with E-state index in [0.29, 0.717) is 11.4 Å². The molecule has 21 heavy (non-hydrogen) atoms. The number of nitrogens with zero attached hydrogens (tertiary/aromatic N) is 1. The zero-order valence-corrected chi connectivity index (χ0v) is 11.9.